The third-order valence-electron chi connectivity index (χ3n) is 11.7. The first-order valence-electron chi connectivity index (χ1n) is 15.6. The lowest BCUT2D eigenvalue weighted by Gasteiger charge is -2.63. The van der Waals surface area contributed by atoms with E-state index in [0.717, 1.165) is 28.6 Å². The van der Waals surface area contributed by atoms with Crippen molar-refractivity contribution in [1.82, 2.24) is 14.8 Å². The van der Waals surface area contributed by atoms with Gasteiger partial charge in [0.05, 0.1) is 41.7 Å². The topological polar surface area (TPSA) is 127 Å². The first-order valence-corrected chi connectivity index (χ1v) is 16.6. The molecular weight excluding hydrogens is 602 g/mol. The van der Waals surface area contributed by atoms with Gasteiger partial charge in [0.25, 0.3) is 0 Å². The summed E-state index contributed by atoms with van der Waals surface area (Å²) in [5, 5.41) is 25.3. The largest absolute Gasteiger partial charge is 0.448 e. The highest BCUT2D eigenvalue weighted by Crippen LogP contribution is 2.71. The number of carbonyl (C=O) groups excluding carboxylic acids is 2. The van der Waals surface area contributed by atoms with Gasteiger partial charge in [-0.3, -0.25) is 4.79 Å². The Kier molecular flexibility index (Phi) is 7.26. The van der Waals surface area contributed by atoms with E-state index < -0.39 is 57.3 Å². The minimum atomic E-state index is -2.02. The van der Waals surface area contributed by atoms with E-state index in [1.54, 1.807) is 16.9 Å². The second kappa shape index (κ2) is 10.7. The highest BCUT2D eigenvalue weighted by atomic mass is 32.2. The van der Waals surface area contributed by atoms with Gasteiger partial charge in [0.1, 0.15) is 5.67 Å². The number of allylic oxidation sites excluding steroid dienone is 1. The number of ether oxygens (including phenoxy) is 2. The quantitative estimate of drug-likeness (QED) is 0.360. The minimum Gasteiger partial charge on any atom is -0.448 e. The van der Waals surface area contributed by atoms with Crippen molar-refractivity contribution in [2.45, 2.75) is 88.7 Å². The molecule has 1 aliphatic heterocycles. The van der Waals surface area contributed by atoms with Gasteiger partial charge in [0.2, 0.25) is 11.1 Å². The van der Waals surface area contributed by atoms with Crippen molar-refractivity contribution in [2.75, 3.05) is 12.4 Å². The summed E-state index contributed by atoms with van der Waals surface area (Å²) in [7, 11) is 0. The van der Waals surface area contributed by atoms with Crippen LogP contribution in [0.25, 0.3) is 11.8 Å². The van der Waals surface area contributed by atoms with E-state index in [2.05, 4.69) is 10.1 Å². The molecule has 0 bridgehead atoms. The molecule has 1 N–H and O–H groups in total. The van der Waals surface area contributed by atoms with E-state index in [-0.39, 0.29) is 24.5 Å². The molecule has 1 saturated heterocycles. The molecule has 4 fully saturated rings. The Morgan fingerprint density at radius 2 is 2.07 bits per heavy atom. The maximum atomic E-state index is 18.1. The van der Waals surface area contributed by atoms with Crippen LogP contribution >= 0.6 is 11.8 Å². The Hall–Kier alpha value is -3.14. The molecule has 12 heteroatoms. The second-order valence-corrected chi connectivity index (χ2v) is 14.6. The van der Waals surface area contributed by atoms with Gasteiger partial charge < -0.3 is 14.6 Å². The molecule has 0 radical (unpaired) electrons. The van der Waals surface area contributed by atoms with Crippen LogP contribution in [0.3, 0.4) is 0 Å². The van der Waals surface area contributed by atoms with Crippen LogP contribution in [0.4, 0.5) is 8.78 Å². The number of pyridine rings is 1. The van der Waals surface area contributed by atoms with Gasteiger partial charge in [0.15, 0.2) is 11.7 Å². The number of esters is 1. The minimum absolute atomic E-state index is 0.0709. The molecule has 0 spiro atoms. The molecule has 4 aliphatic carbocycles. The number of aromatic nitrogens is 3. The highest BCUT2D eigenvalue weighted by Gasteiger charge is 2.76. The van der Waals surface area contributed by atoms with Gasteiger partial charge in [-0.25, -0.2) is 18.9 Å². The Morgan fingerprint density at radius 3 is 2.78 bits per heavy atom. The number of rotatable bonds is 5. The second-order valence-electron chi connectivity index (χ2n) is 13.7. The smallest absolute Gasteiger partial charge is 0.336 e. The number of aliphatic hydroxyl groups excluding tert-OH is 1. The molecule has 0 amide bonds. The highest BCUT2D eigenvalue weighted by molar-refractivity contribution is 8.14. The summed E-state index contributed by atoms with van der Waals surface area (Å²) < 4.78 is 45.1. The maximum absolute atomic E-state index is 18.1. The zero-order valence-corrected chi connectivity index (χ0v) is 26.1. The molecule has 3 heterocycles. The molecule has 5 aliphatic rings. The van der Waals surface area contributed by atoms with E-state index in [1.807, 2.05) is 26.0 Å². The van der Waals surface area contributed by atoms with Crippen molar-refractivity contribution >= 4 is 28.9 Å². The predicted octanol–water partition coefficient (Wildman–Crippen LogP) is 4.90. The fourth-order valence-electron chi connectivity index (χ4n) is 9.50. The zero-order valence-electron chi connectivity index (χ0n) is 25.3. The fraction of sp³-hybridized carbons (Fsp3) is 0.606. The molecule has 0 unspecified atom stereocenters. The van der Waals surface area contributed by atoms with Crippen molar-refractivity contribution in [3.05, 3.63) is 47.3 Å². The van der Waals surface area contributed by atoms with Gasteiger partial charge in [-0.1, -0.05) is 31.2 Å². The van der Waals surface area contributed by atoms with Crippen molar-refractivity contribution in [2.24, 2.45) is 22.7 Å². The van der Waals surface area contributed by atoms with Crippen LogP contribution < -0.4 is 0 Å². The lowest BCUT2D eigenvalue weighted by molar-refractivity contribution is -0.230. The Bertz CT molecular complexity index is 1620. The SMILES string of the molecule is C[C@]12Cc3cnn(-c4ccc(F)nc4)c3C=C1CC[C@H]1[C@@H]3CC[C@](OC(=O)[C@H]4CCCO4)(C(=O)SCC#N)[C@@]3(C)C[C@H](O)[C@@]12F. The molecule has 9 nitrogen and oxygen atoms in total. The molecule has 3 saturated carbocycles. The Balaban J connectivity index is 1.25. The third kappa shape index (κ3) is 4.22. The average Bonchev–Trinajstić information content (AvgIpc) is 3.75. The lowest BCUT2D eigenvalue weighted by Crippen LogP contribution is -2.70. The van der Waals surface area contributed by atoms with Crippen molar-refractivity contribution in [1.29, 1.82) is 5.26 Å². The van der Waals surface area contributed by atoms with E-state index in [9.17, 15) is 24.3 Å². The molecule has 0 aromatic carbocycles. The van der Waals surface area contributed by atoms with Crippen LogP contribution in [0.5, 0.6) is 0 Å². The van der Waals surface area contributed by atoms with E-state index in [4.69, 9.17) is 9.47 Å². The summed E-state index contributed by atoms with van der Waals surface area (Å²) in [5.74, 6) is -2.25. The van der Waals surface area contributed by atoms with Gasteiger partial charge in [-0.15, -0.1) is 0 Å². The van der Waals surface area contributed by atoms with Crippen LogP contribution in [0.1, 0.15) is 70.1 Å². The number of nitriles is 1. The Morgan fingerprint density at radius 1 is 1.24 bits per heavy atom. The number of halogens is 2. The van der Waals surface area contributed by atoms with Crippen molar-refractivity contribution in [3.63, 3.8) is 0 Å². The molecule has 2 aromatic heterocycles. The molecule has 45 heavy (non-hydrogen) atoms. The first kappa shape index (κ1) is 30.5. The number of carbonyl (C=O) groups is 2. The number of fused-ring (bicyclic) bond motifs is 6. The van der Waals surface area contributed by atoms with E-state index in [0.29, 0.717) is 50.8 Å². The number of nitrogens with zero attached hydrogens (tertiary/aromatic N) is 4. The number of aliphatic hydroxyl groups is 1. The standard InChI is InChI=1S/C33H36F2N4O5S/c1-30-15-19-17-38-39(21-6-8-27(34)37-18-21)24(19)14-20(30)5-7-23-22-9-10-32(29(42)45-13-11-36,44-28(41)25-4-3-12-43-25)31(22,2)16-26(40)33(23,30)35/h6,8,14,17-18,22-23,25-26,40H,3-5,7,9-10,12-13,15-16H2,1-2H3/t22-,23-,25+,26-,30-,31-,32-,33-/m0/s1. The molecule has 2 aromatic rings. The molecular formula is C33H36F2N4O5S. The van der Waals surface area contributed by atoms with E-state index in [1.165, 1.54) is 12.3 Å². The van der Waals surface area contributed by atoms with Crippen LogP contribution in [0.15, 0.2) is 30.1 Å². The average molecular weight is 639 g/mol. The summed E-state index contributed by atoms with van der Waals surface area (Å²) >= 11 is 0.815. The van der Waals surface area contributed by atoms with Crippen molar-refractivity contribution < 1.29 is 33.0 Å². The van der Waals surface area contributed by atoms with Gasteiger partial charge >= 0.3 is 5.97 Å². The molecule has 7 rings (SSSR count). The Labute approximate surface area is 264 Å². The van der Waals surface area contributed by atoms with Gasteiger partial charge in [0, 0.05) is 23.4 Å². The summed E-state index contributed by atoms with van der Waals surface area (Å²) in [6, 6.07) is 4.85. The predicted molar refractivity (Wildman–Crippen MR) is 160 cm³/mol. The monoisotopic (exact) mass is 638 g/mol. The van der Waals surface area contributed by atoms with Crippen LogP contribution in [0, 0.1) is 39.9 Å². The van der Waals surface area contributed by atoms with Crippen LogP contribution in [-0.2, 0) is 25.5 Å². The third-order valence-corrected chi connectivity index (χ3v) is 12.6. The van der Waals surface area contributed by atoms with Gasteiger partial charge in [-0.05, 0) is 81.1 Å². The number of thioether (sulfide) groups is 1. The normalized spacial score (nSPS) is 38.3. The van der Waals surface area contributed by atoms with Crippen LogP contribution in [-0.4, -0.2) is 66.8 Å². The maximum Gasteiger partial charge on any atom is 0.336 e. The van der Waals surface area contributed by atoms with E-state index >= 15 is 4.39 Å². The summed E-state index contributed by atoms with van der Waals surface area (Å²) in [6.07, 6.45) is 5.98. The summed E-state index contributed by atoms with van der Waals surface area (Å²) in [6.45, 7) is 4.17. The number of hydrogen-bond acceptors (Lipinski definition) is 9. The molecule has 238 valence electrons. The van der Waals surface area contributed by atoms with Gasteiger partial charge in [-0.2, -0.15) is 14.8 Å². The first-order chi connectivity index (χ1) is 21.5. The number of alkyl halides is 1. The van der Waals surface area contributed by atoms with Crippen molar-refractivity contribution in [3.8, 4) is 11.8 Å². The summed E-state index contributed by atoms with van der Waals surface area (Å²) in [5.41, 5.74) is -2.64. The molecule has 8 atom stereocenters. The number of hydrogen-bond donors (Lipinski definition) is 1. The fourth-order valence-corrected chi connectivity index (χ4v) is 10.3. The summed E-state index contributed by atoms with van der Waals surface area (Å²) in [4.78, 5) is 31.0. The zero-order chi connectivity index (χ0) is 31.8. The lowest BCUT2D eigenvalue weighted by atomic mass is 9.44. The van der Waals surface area contributed by atoms with Crippen LogP contribution in [0.2, 0.25) is 0 Å².